The van der Waals surface area contributed by atoms with Crippen molar-refractivity contribution < 1.29 is 13.2 Å². The van der Waals surface area contributed by atoms with Crippen molar-refractivity contribution in [2.75, 3.05) is 16.4 Å². The van der Waals surface area contributed by atoms with Crippen LogP contribution in [0.4, 0.5) is 5.69 Å². The highest BCUT2D eigenvalue weighted by Gasteiger charge is 2.50. The Labute approximate surface area is 193 Å². The third-order valence-corrected chi connectivity index (χ3v) is 9.32. The molecule has 0 bridgehead atoms. The Morgan fingerprint density at radius 2 is 1.90 bits per heavy atom. The minimum atomic E-state index is -3.12. The van der Waals surface area contributed by atoms with Gasteiger partial charge in [0, 0.05) is 20.4 Å². The van der Waals surface area contributed by atoms with Crippen LogP contribution in [0.3, 0.4) is 0 Å². The molecule has 0 aliphatic carbocycles. The van der Waals surface area contributed by atoms with Gasteiger partial charge < -0.3 is 4.90 Å². The molecule has 30 heavy (non-hydrogen) atoms. The van der Waals surface area contributed by atoms with Gasteiger partial charge in [0.1, 0.15) is 0 Å². The molecule has 2 aromatic rings. The first-order chi connectivity index (χ1) is 14.1. The number of benzene rings is 2. The van der Waals surface area contributed by atoms with Crippen molar-refractivity contribution in [3.05, 3.63) is 62.6 Å². The van der Waals surface area contributed by atoms with Gasteiger partial charge in [0.2, 0.25) is 0 Å². The summed E-state index contributed by atoms with van der Waals surface area (Å²) in [6.07, 6.45) is 0.101. The van der Waals surface area contributed by atoms with Gasteiger partial charge in [0.05, 0.1) is 24.0 Å². The summed E-state index contributed by atoms with van der Waals surface area (Å²) in [4.78, 5) is 19.1. The minimum Gasteiger partial charge on any atom is -0.315 e. The molecule has 4 rings (SSSR count). The van der Waals surface area contributed by atoms with Crippen LogP contribution in [0.5, 0.6) is 0 Å². The molecule has 0 spiro atoms. The zero-order valence-corrected chi connectivity index (χ0v) is 20.4. The van der Waals surface area contributed by atoms with Crippen LogP contribution in [-0.4, -0.2) is 42.3 Å². The molecule has 2 aliphatic heterocycles. The number of aliphatic imine (C=N–C) groups is 1. The second kappa shape index (κ2) is 8.30. The first kappa shape index (κ1) is 21.9. The third kappa shape index (κ3) is 4.33. The maximum absolute atomic E-state index is 12.8. The predicted molar refractivity (Wildman–Crippen MR) is 128 cm³/mol. The normalized spacial score (nSPS) is 23.7. The fraction of sp³-hybridized carbons (Fsp3) is 0.333. The van der Waals surface area contributed by atoms with E-state index in [1.165, 1.54) is 11.8 Å². The summed E-state index contributed by atoms with van der Waals surface area (Å²) in [7, 11) is -3.12. The summed E-state index contributed by atoms with van der Waals surface area (Å²) >= 11 is 11.1. The van der Waals surface area contributed by atoms with Gasteiger partial charge >= 0.3 is 0 Å². The highest BCUT2D eigenvalue weighted by molar-refractivity contribution is 9.10. The molecular formula is C21H20BrClN2O3S2. The number of aryl methyl sites for hydroxylation is 2. The molecule has 0 saturated carbocycles. The lowest BCUT2D eigenvalue weighted by Gasteiger charge is -2.28. The number of fused-ring (bicyclic) bond motifs is 1. The predicted octanol–water partition coefficient (Wildman–Crippen LogP) is 4.56. The number of sulfone groups is 1. The highest BCUT2D eigenvalue weighted by Crippen LogP contribution is 2.43. The molecule has 9 heteroatoms. The number of carbonyl (C=O) groups is 1. The van der Waals surface area contributed by atoms with E-state index in [-0.39, 0.29) is 35.1 Å². The Morgan fingerprint density at radius 1 is 1.23 bits per heavy atom. The second-order valence-electron chi connectivity index (χ2n) is 7.62. The number of anilines is 1. The van der Waals surface area contributed by atoms with Crippen molar-refractivity contribution in [1.29, 1.82) is 0 Å². The molecule has 0 radical (unpaired) electrons. The molecule has 2 atom stereocenters. The molecule has 2 aliphatic rings. The van der Waals surface area contributed by atoms with Crippen molar-refractivity contribution in [3.63, 3.8) is 0 Å². The summed E-state index contributed by atoms with van der Waals surface area (Å²) in [6, 6.07) is 11.0. The van der Waals surface area contributed by atoms with Gasteiger partial charge in [-0.3, -0.25) is 4.79 Å². The van der Waals surface area contributed by atoms with Crippen molar-refractivity contribution in [1.82, 2.24) is 0 Å². The van der Waals surface area contributed by atoms with Gasteiger partial charge in [0.25, 0.3) is 5.91 Å². The first-order valence-corrected chi connectivity index (χ1v) is 13.3. The maximum Gasteiger partial charge on any atom is 0.252 e. The molecule has 2 heterocycles. The van der Waals surface area contributed by atoms with Crippen molar-refractivity contribution in [2.24, 2.45) is 4.99 Å². The van der Waals surface area contributed by atoms with E-state index < -0.39 is 9.84 Å². The number of halogens is 2. The number of hydrogen-bond acceptors (Lipinski definition) is 4. The fourth-order valence-corrected chi connectivity index (χ4v) is 8.87. The van der Waals surface area contributed by atoms with Gasteiger partial charge in [-0.25, -0.2) is 8.42 Å². The summed E-state index contributed by atoms with van der Waals surface area (Å²) in [5, 5.41) is 0.958. The van der Waals surface area contributed by atoms with E-state index in [0.717, 1.165) is 26.9 Å². The van der Waals surface area contributed by atoms with Crippen LogP contribution in [0.1, 0.15) is 16.7 Å². The van der Waals surface area contributed by atoms with E-state index >= 15 is 0 Å². The van der Waals surface area contributed by atoms with E-state index in [1.54, 1.807) is 6.07 Å². The fourth-order valence-electron chi connectivity index (χ4n) is 4.06. The molecule has 158 valence electrons. The molecule has 1 amide bonds. The summed E-state index contributed by atoms with van der Waals surface area (Å²) in [6.45, 7) is 3.97. The van der Waals surface area contributed by atoms with Crippen molar-refractivity contribution in [2.45, 2.75) is 31.6 Å². The Morgan fingerprint density at radius 3 is 2.57 bits per heavy atom. The topological polar surface area (TPSA) is 66.8 Å². The number of rotatable bonds is 3. The lowest BCUT2D eigenvalue weighted by atomic mass is 10.1. The Bertz CT molecular complexity index is 1140. The maximum atomic E-state index is 12.8. The standard InChI is InChI=1S/C21H20BrClN2O3S2/c1-12-7-15(22)8-13(2)20(12)25-17-10-30(27,28)11-18(17)29-21(25)24-19(26)9-14-5-3-4-6-16(14)23/h3-8,17-18H,9-11H2,1-2H3/t17-,18+/m1/s1. The van der Waals surface area contributed by atoms with Crippen LogP contribution in [0.15, 0.2) is 45.9 Å². The molecule has 0 N–H and O–H groups in total. The van der Waals surface area contributed by atoms with Crippen molar-refractivity contribution in [3.8, 4) is 0 Å². The third-order valence-electron chi connectivity index (χ3n) is 5.28. The molecular weight excluding hydrogens is 508 g/mol. The number of amidine groups is 1. The largest absolute Gasteiger partial charge is 0.315 e. The van der Waals surface area contributed by atoms with E-state index in [1.807, 2.05) is 49.1 Å². The smallest absolute Gasteiger partial charge is 0.252 e. The summed E-state index contributed by atoms with van der Waals surface area (Å²) < 4.78 is 25.5. The Hall–Kier alpha value is -1.35. The minimum absolute atomic E-state index is 0.0668. The van der Waals surface area contributed by atoms with Crippen LogP contribution >= 0.6 is 39.3 Å². The number of thioether (sulfide) groups is 1. The molecule has 2 saturated heterocycles. The van der Waals surface area contributed by atoms with E-state index in [9.17, 15) is 13.2 Å². The van der Waals surface area contributed by atoms with Crippen LogP contribution < -0.4 is 4.90 Å². The lowest BCUT2D eigenvalue weighted by Crippen LogP contribution is -2.38. The SMILES string of the molecule is Cc1cc(Br)cc(C)c1N1C(=NC(=O)Cc2ccccc2Cl)S[C@H]2CS(=O)(=O)C[C@H]21. The monoisotopic (exact) mass is 526 g/mol. The Balaban J connectivity index is 1.73. The van der Waals surface area contributed by atoms with Gasteiger partial charge in [-0.2, -0.15) is 4.99 Å². The molecule has 0 aromatic heterocycles. The molecule has 2 fully saturated rings. The van der Waals surface area contributed by atoms with Gasteiger partial charge in [-0.15, -0.1) is 0 Å². The zero-order chi connectivity index (χ0) is 21.6. The van der Waals surface area contributed by atoms with Crippen LogP contribution in [0, 0.1) is 13.8 Å². The van der Waals surface area contributed by atoms with Crippen LogP contribution in [0.25, 0.3) is 0 Å². The van der Waals surface area contributed by atoms with Crippen LogP contribution in [-0.2, 0) is 21.1 Å². The molecule has 0 unspecified atom stereocenters. The number of hydrogen-bond donors (Lipinski definition) is 0. The first-order valence-electron chi connectivity index (χ1n) is 9.42. The number of nitrogens with zero attached hydrogens (tertiary/aromatic N) is 2. The highest BCUT2D eigenvalue weighted by atomic mass is 79.9. The average Bonchev–Trinajstić information content (AvgIpc) is 3.08. The number of amides is 1. The zero-order valence-electron chi connectivity index (χ0n) is 16.4. The molecule has 2 aromatic carbocycles. The van der Waals surface area contributed by atoms with Gasteiger partial charge in [-0.1, -0.05) is 57.5 Å². The number of carbonyl (C=O) groups excluding carboxylic acids is 1. The lowest BCUT2D eigenvalue weighted by molar-refractivity contribution is -0.117. The summed E-state index contributed by atoms with van der Waals surface area (Å²) in [5.41, 5.74) is 3.64. The van der Waals surface area contributed by atoms with E-state index in [0.29, 0.717) is 10.2 Å². The van der Waals surface area contributed by atoms with E-state index in [4.69, 9.17) is 11.6 Å². The quantitative estimate of drug-likeness (QED) is 0.585. The second-order valence-corrected chi connectivity index (χ2v) is 12.3. The van der Waals surface area contributed by atoms with Gasteiger partial charge in [0.15, 0.2) is 15.0 Å². The van der Waals surface area contributed by atoms with Crippen LogP contribution in [0.2, 0.25) is 5.02 Å². The summed E-state index contributed by atoms with van der Waals surface area (Å²) in [5.74, 6) is -0.131. The van der Waals surface area contributed by atoms with Gasteiger partial charge in [-0.05, 0) is 48.7 Å². The van der Waals surface area contributed by atoms with Crippen molar-refractivity contribution >= 4 is 65.9 Å². The van der Waals surface area contributed by atoms with E-state index in [2.05, 4.69) is 20.9 Å². The molecule has 5 nitrogen and oxygen atoms in total. The Kier molecular flexibility index (Phi) is 6.05. The average molecular weight is 528 g/mol.